The highest BCUT2D eigenvalue weighted by Gasteiger charge is 2.14. The molecular weight excluding hydrogens is 228 g/mol. The summed E-state index contributed by atoms with van der Waals surface area (Å²) in [6.45, 7) is 6.57. The molecule has 0 unspecified atom stereocenters. The van der Waals surface area contributed by atoms with Gasteiger partial charge in [0.2, 0.25) is 0 Å². The summed E-state index contributed by atoms with van der Waals surface area (Å²) in [5, 5.41) is 11.6. The quantitative estimate of drug-likeness (QED) is 0.803. The predicted octanol–water partition coefficient (Wildman–Crippen LogP) is 1.74. The summed E-state index contributed by atoms with van der Waals surface area (Å²) in [6.07, 6.45) is 7.56. The Morgan fingerprint density at radius 1 is 1.44 bits per heavy atom. The zero-order chi connectivity index (χ0) is 12.8. The minimum absolute atomic E-state index is 0.473. The number of nitrogens with zero attached hydrogens (tertiary/aromatic N) is 3. The first-order chi connectivity index (χ1) is 8.74. The molecule has 1 aliphatic carbocycles. The molecule has 0 atom stereocenters. The Balaban J connectivity index is 1.66. The second-order valence-electron chi connectivity index (χ2n) is 5.29. The van der Waals surface area contributed by atoms with Gasteiger partial charge in [-0.15, -0.1) is 5.10 Å². The van der Waals surface area contributed by atoms with Crippen LogP contribution in [0.5, 0.6) is 0 Å². The maximum atomic E-state index is 5.81. The van der Waals surface area contributed by atoms with Crippen molar-refractivity contribution in [3.8, 4) is 0 Å². The molecule has 5 nitrogen and oxygen atoms in total. The average molecular weight is 252 g/mol. The third kappa shape index (κ3) is 4.38. The second-order valence-corrected chi connectivity index (χ2v) is 5.29. The average Bonchev–Trinajstić information content (AvgIpc) is 2.97. The van der Waals surface area contributed by atoms with Crippen LogP contribution in [-0.4, -0.2) is 33.7 Å². The molecule has 0 radical (unpaired) electrons. The van der Waals surface area contributed by atoms with E-state index in [9.17, 15) is 0 Å². The molecule has 1 N–H and O–H groups in total. The topological polar surface area (TPSA) is 52.0 Å². The Hall–Kier alpha value is -0.940. The van der Waals surface area contributed by atoms with E-state index in [1.807, 2.05) is 10.9 Å². The van der Waals surface area contributed by atoms with Crippen LogP contribution in [0.15, 0.2) is 6.20 Å². The molecule has 0 aromatic carbocycles. The van der Waals surface area contributed by atoms with E-state index in [1.165, 1.54) is 25.7 Å². The van der Waals surface area contributed by atoms with Gasteiger partial charge in [-0.05, 0) is 12.8 Å². The number of aromatic nitrogens is 3. The van der Waals surface area contributed by atoms with E-state index in [0.29, 0.717) is 12.1 Å². The summed E-state index contributed by atoms with van der Waals surface area (Å²) in [5.74, 6) is 0. The number of ether oxygens (including phenoxy) is 1. The van der Waals surface area contributed by atoms with Crippen LogP contribution in [0.4, 0.5) is 0 Å². The first-order valence-electron chi connectivity index (χ1n) is 6.98. The molecule has 2 rings (SSSR count). The molecule has 1 saturated carbocycles. The number of nitrogens with one attached hydrogen (secondary N) is 1. The highest BCUT2D eigenvalue weighted by molar-refractivity contribution is 4.91. The number of hydrogen-bond acceptors (Lipinski definition) is 4. The fraction of sp³-hybridized carbons (Fsp3) is 0.846. The molecule has 0 amide bonds. The Kier molecular flexibility index (Phi) is 5.13. The fourth-order valence-electron chi connectivity index (χ4n) is 2.21. The summed E-state index contributed by atoms with van der Waals surface area (Å²) in [5.41, 5.74) is 0.990. The third-order valence-electron chi connectivity index (χ3n) is 3.25. The monoisotopic (exact) mass is 252 g/mol. The normalized spacial score (nSPS) is 16.8. The number of hydrogen-bond donors (Lipinski definition) is 1. The van der Waals surface area contributed by atoms with Gasteiger partial charge in [0, 0.05) is 18.8 Å². The summed E-state index contributed by atoms with van der Waals surface area (Å²) >= 11 is 0. The van der Waals surface area contributed by atoms with E-state index >= 15 is 0 Å². The largest absolute Gasteiger partial charge is 0.376 e. The van der Waals surface area contributed by atoms with Gasteiger partial charge in [0.05, 0.1) is 24.9 Å². The highest BCUT2D eigenvalue weighted by Crippen LogP contribution is 2.20. The van der Waals surface area contributed by atoms with Gasteiger partial charge < -0.3 is 10.1 Å². The van der Waals surface area contributed by atoms with Crippen LogP contribution in [0.3, 0.4) is 0 Å². The van der Waals surface area contributed by atoms with Gasteiger partial charge in [0.25, 0.3) is 0 Å². The van der Waals surface area contributed by atoms with E-state index in [2.05, 4.69) is 29.5 Å². The van der Waals surface area contributed by atoms with E-state index in [0.717, 1.165) is 25.4 Å². The van der Waals surface area contributed by atoms with Gasteiger partial charge in [0.1, 0.15) is 0 Å². The Morgan fingerprint density at radius 3 is 2.94 bits per heavy atom. The molecule has 102 valence electrons. The summed E-state index contributed by atoms with van der Waals surface area (Å²) < 4.78 is 7.68. The first kappa shape index (κ1) is 13.5. The minimum Gasteiger partial charge on any atom is -0.376 e. The second kappa shape index (κ2) is 6.85. The summed E-state index contributed by atoms with van der Waals surface area (Å²) in [6, 6.07) is 0.473. The van der Waals surface area contributed by atoms with Crippen molar-refractivity contribution in [1.82, 2.24) is 20.3 Å². The van der Waals surface area contributed by atoms with Crippen molar-refractivity contribution in [2.45, 2.75) is 64.8 Å². The lowest BCUT2D eigenvalue weighted by Gasteiger charge is -2.10. The standard InChI is InChI=1S/C13H24N4O/c1-11(2)14-9-12-10-17(16-15-12)7-8-18-13-5-3-4-6-13/h10-11,13-14H,3-9H2,1-2H3. The highest BCUT2D eigenvalue weighted by atomic mass is 16.5. The Labute approximate surface area is 109 Å². The van der Waals surface area contributed by atoms with Crippen LogP contribution < -0.4 is 5.32 Å². The minimum atomic E-state index is 0.473. The van der Waals surface area contributed by atoms with E-state index in [1.54, 1.807) is 0 Å². The smallest absolute Gasteiger partial charge is 0.0964 e. The van der Waals surface area contributed by atoms with Gasteiger partial charge in [-0.2, -0.15) is 0 Å². The Morgan fingerprint density at radius 2 is 2.22 bits per heavy atom. The van der Waals surface area contributed by atoms with Crippen molar-refractivity contribution in [3.63, 3.8) is 0 Å². The summed E-state index contributed by atoms with van der Waals surface area (Å²) in [7, 11) is 0. The van der Waals surface area contributed by atoms with Crippen LogP contribution in [0.1, 0.15) is 45.2 Å². The molecule has 18 heavy (non-hydrogen) atoms. The predicted molar refractivity (Wildman–Crippen MR) is 70.2 cm³/mol. The molecule has 5 heteroatoms. The molecule has 1 aromatic rings. The Bertz CT molecular complexity index is 345. The van der Waals surface area contributed by atoms with Crippen molar-refractivity contribution in [2.75, 3.05) is 6.61 Å². The van der Waals surface area contributed by atoms with Crippen molar-refractivity contribution < 1.29 is 4.74 Å². The van der Waals surface area contributed by atoms with Gasteiger partial charge in [0.15, 0.2) is 0 Å². The molecule has 1 aliphatic rings. The lowest BCUT2D eigenvalue weighted by molar-refractivity contribution is 0.0512. The van der Waals surface area contributed by atoms with Crippen molar-refractivity contribution >= 4 is 0 Å². The van der Waals surface area contributed by atoms with Crippen LogP contribution in [0.2, 0.25) is 0 Å². The van der Waals surface area contributed by atoms with E-state index in [-0.39, 0.29) is 0 Å². The lowest BCUT2D eigenvalue weighted by atomic mass is 10.3. The van der Waals surface area contributed by atoms with Gasteiger partial charge in [-0.1, -0.05) is 31.9 Å². The van der Waals surface area contributed by atoms with Crippen LogP contribution in [0.25, 0.3) is 0 Å². The molecule has 0 bridgehead atoms. The van der Waals surface area contributed by atoms with Gasteiger partial charge in [-0.25, -0.2) is 4.68 Å². The lowest BCUT2D eigenvalue weighted by Crippen LogP contribution is -2.22. The zero-order valence-corrected chi connectivity index (χ0v) is 11.4. The first-order valence-corrected chi connectivity index (χ1v) is 6.98. The molecule has 1 heterocycles. The van der Waals surface area contributed by atoms with Crippen molar-refractivity contribution in [2.24, 2.45) is 0 Å². The molecule has 0 saturated heterocycles. The van der Waals surface area contributed by atoms with E-state index in [4.69, 9.17) is 4.74 Å². The summed E-state index contributed by atoms with van der Waals surface area (Å²) in [4.78, 5) is 0. The molecular formula is C13H24N4O. The van der Waals surface area contributed by atoms with Crippen molar-refractivity contribution in [1.29, 1.82) is 0 Å². The number of rotatable bonds is 7. The van der Waals surface area contributed by atoms with Crippen LogP contribution in [0, 0.1) is 0 Å². The maximum absolute atomic E-state index is 5.81. The van der Waals surface area contributed by atoms with Crippen LogP contribution >= 0.6 is 0 Å². The molecule has 1 fully saturated rings. The third-order valence-corrected chi connectivity index (χ3v) is 3.25. The van der Waals surface area contributed by atoms with E-state index < -0.39 is 0 Å². The maximum Gasteiger partial charge on any atom is 0.0964 e. The molecule has 0 spiro atoms. The zero-order valence-electron chi connectivity index (χ0n) is 11.4. The fourth-order valence-corrected chi connectivity index (χ4v) is 2.21. The van der Waals surface area contributed by atoms with Gasteiger partial charge in [-0.3, -0.25) is 0 Å². The van der Waals surface area contributed by atoms with Crippen molar-refractivity contribution in [3.05, 3.63) is 11.9 Å². The SMILES string of the molecule is CC(C)NCc1cn(CCOC2CCCC2)nn1. The molecule has 0 aliphatic heterocycles. The molecule has 1 aromatic heterocycles. The van der Waals surface area contributed by atoms with Crippen LogP contribution in [-0.2, 0) is 17.8 Å². The van der Waals surface area contributed by atoms with Gasteiger partial charge >= 0.3 is 0 Å².